The number of aromatic nitrogens is 1. The van der Waals surface area contributed by atoms with E-state index in [1.54, 1.807) is 24.3 Å². The molecule has 25 heavy (non-hydrogen) atoms. The fraction of sp³-hybridized carbons (Fsp3) is 0.611. The summed E-state index contributed by atoms with van der Waals surface area (Å²) in [6.07, 6.45) is 5.54. The molecule has 2 N–H and O–H groups in total. The number of aliphatic hydroxyl groups is 1. The predicted molar refractivity (Wildman–Crippen MR) is 94.6 cm³/mol. The summed E-state index contributed by atoms with van der Waals surface area (Å²) in [5.74, 6) is -0.0856. The zero-order valence-electron chi connectivity index (χ0n) is 15.1. The number of hydrogen-bond donors (Lipinski definition) is 2. The number of carbonyl (C=O) groups is 2. The van der Waals surface area contributed by atoms with E-state index in [1.807, 2.05) is 24.1 Å². The fourth-order valence-electron chi connectivity index (χ4n) is 3.19. The highest BCUT2D eigenvalue weighted by Crippen LogP contribution is 2.26. The molecule has 138 valence electrons. The maximum Gasteiger partial charge on any atom is 0.236 e. The van der Waals surface area contributed by atoms with Crippen LogP contribution in [0, 0.1) is 0 Å². The Labute approximate surface area is 149 Å². The standard InChI is InChI=1S/C18H28N4O3/c1-19-16(23)6-8-18(25)7-4-10-22(14-18)17(24)13-21(2)12-15-5-3-9-20-11-15/h3,5,9,11,25H,4,6-8,10,12-14H2,1-2H3,(H,19,23)/t18-/m1/s1. The highest BCUT2D eigenvalue weighted by molar-refractivity contribution is 5.78. The third-order valence-electron chi connectivity index (χ3n) is 4.58. The lowest BCUT2D eigenvalue weighted by molar-refractivity contribution is -0.140. The van der Waals surface area contributed by atoms with Gasteiger partial charge in [0.05, 0.1) is 12.1 Å². The van der Waals surface area contributed by atoms with E-state index in [9.17, 15) is 14.7 Å². The highest BCUT2D eigenvalue weighted by atomic mass is 16.3. The first-order valence-corrected chi connectivity index (χ1v) is 8.70. The van der Waals surface area contributed by atoms with Gasteiger partial charge in [-0.25, -0.2) is 0 Å². The van der Waals surface area contributed by atoms with Crippen LogP contribution in [0.15, 0.2) is 24.5 Å². The summed E-state index contributed by atoms with van der Waals surface area (Å²) in [4.78, 5) is 31.7. The molecule has 0 saturated carbocycles. The van der Waals surface area contributed by atoms with E-state index in [1.165, 1.54) is 0 Å². The van der Waals surface area contributed by atoms with Crippen LogP contribution >= 0.6 is 0 Å². The molecule has 2 rings (SSSR count). The Balaban J connectivity index is 1.85. The summed E-state index contributed by atoms with van der Waals surface area (Å²) in [6.45, 7) is 1.89. The smallest absolute Gasteiger partial charge is 0.236 e. The molecule has 1 atom stereocenters. The van der Waals surface area contributed by atoms with Crippen molar-refractivity contribution >= 4 is 11.8 Å². The van der Waals surface area contributed by atoms with Gasteiger partial charge in [-0.15, -0.1) is 0 Å². The molecule has 0 unspecified atom stereocenters. The van der Waals surface area contributed by atoms with Gasteiger partial charge in [0.25, 0.3) is 0 Å². The summed E-state index contributed by atoms with van der Waals surface area (Å²) < 4.78 is 0. The minimum absolute atomic E-state index is 0.00413. The molecule has 1 saturated heterocycles. The number of nitrogens with one attached hydrogen (secondary N) is 1. The molecule has 1 aliphatic rings. The molecule has 1 aromatic heterocycles. The number of β-amino-alcohol motifs (C(OH)–C–C–N with tert-alkyl or cyclic N) is 1. The average Bonchev–Trinajstić information content (AvgIpc) is 2.60. The number of likely N-dealkylation sites (tertiary alicyclic amines) is 1. The molecule has 1 aromatic rings. The number of piperidine rings is 1. The number of hydrogen-bond acceptors (Lipinski definition) is 5. The molecule has 0 aromatic carbocycles. The number of amides is 2. The van der Waals surface area contributed by atoms with E-state index in [4.69, 9.17) is 0 Å². The van der Waals surface area contributed by atoms with E-state index >= 15 is 0 Å². The molecule has 0 spiro atoms. The maximum atomic E-state index is 12.6. The lowest BCUT2D eigenvalue weighted by Gasteiger charge is -2.39. The van der Waals surface area contributed by atoms with Gasteiger partial charge in [-0.2, -0.15) is 0 Å². The van der Waals surface area contributed by atoms with Gasteiger partial charge < -0.3 is 15.3 Å². The Morgan fingerprint density at radius 2 is 2.28 bits per heavy atom. The average molecular weight is 348 g/mol. The summed E-state index contributed by atoms with van der Waals surface area (Å²) >= 11 is 0. The monoisotopic (exact) mass is 348 g/mol. The minimum Gasteiger partial charge on any atom is -0.388 e. The Morgan fingerprint density at radius 1 is 1.48 bits per heavy atom. The lowest BCUT2D eigenvalue weighted by atomic mass is 9.88. The zero-order valence-corrected chi connectivity index (χ0v) is 15.1. The summed E-state index contributed by atoms with van der Waals surface area (Å²) in [5, 5.41) is 13.3. The van der Waals surface area contributed by atoms with Crippen LogP contribution in [0.5, 0.6) is 0 Å². The second kappa shape index (κ2) is 8.92. The van der Waals surface area contributed by atoms with E-state index in [-0.39, 0.29) is 18.2 Å². The molecule has 2 heterocycles. The third-order valence-corrected chi connectivity index (χ3v) is 4.58. The van der Waals surface area contributed by atoms with Crippen molar-refractivity contribution in [1.29, 1.82) is 0 Å². The Bertz CT molecular complexity index is 581. The van der Waals surface area contributed by atoms with Crippen molar-refractivity contribution in [2.45, 2.75) is 37.8 Å². The topological polar surface area (TPSA) is 85.8 Å². The lowest BCUT2D eigenvalue weighted by Crippen LogP contribution is -2.52. The molecule has 0 bridgehead atoms. The highest BCUT2D eigenvalue weighted by Gasteiger charge is 2.35. The summed E-state index contributed by atoms with van der Waals surface area (Å²) in [6, 6.07) is 3.86. The van der Waals surface area contributed by atoms with Crippen LogP contribution in [-0.4, -0.2) is 71.0 Å². The molecule has 1 fully saturated rings. The molecule has 1 aliphatic heterocycles. The number of likely N-dealkylation sites (N-methyl/N-ethyl adjacent to an activating group) is 1. The van der Waals surface area contributed by atoms with Gasteiger partial charge in [0.1, 0.15) is 0 Å². The molecule has 0 radical (unpaired) electrons. The quantitative estimate of drug-likeness (QED) is 0.745. The van der Waals surface area contributed by atoms with Crippen molar-refractivity contribution in [3.05, 3.63) is 30.1 Å². The molecule has 0 aliphatic carbocycles. The van der Waals surface area contributed by atoms with Gasteiger partial charge in [-0.3, -0.25) is 19.5 Å². The van der Waals surface area contributed by atoms with Crippen molar-refractivity contribution in [3.8, 4) is 0 Å². The third kappa shape index (κ3) is 6.10. The van der Waals surface area contributed by atoms with Crippen molar-refractivity contribution in [2.75, 3.05) is 33.7 Å². The fourth-order valence-corrected chi connectivity index (χ4v) is 3.19. The van der Waals surface area contributed by atoms with Crippen molar-refractivity contribution in [1.82, 2.24) is 20.1 Å². The van der Waals surface area contributed by atoms with Crippen LogP contribution in [0.25, 0.3) is 0 Å². The van der Waals surface area contributed by atoms with Gasteiger partial charge >= 0.3 is 0 Å². The molecular weight excluding hydrogens is 320 g/mol. The SMILES string of the molecule is CNC(=O)CC[C@]1(O)CCCN(C(=O)CN(C)Cc2cccnc2)C1. The van der Waals surface area contributed by atoms with E-state index in [0.29, 0.717) is 39.0 Å². The van der Waals surface area contributed by atoms with Crippen LogP contribution in [0.4, 0.5) is 0 Å². The van der Waals surface area contributed by atoms with E-state index in [0.717, 1.165) is 12.0 Å². The largest absolute Gasteiger partial charge is 0.388 e. The van der Waals surface area contributed by atoms with Gasteiger partial charge in [0, 0.05) is 45.5 Å². The predicted octanol–water partition coefficient (Wildman–Crippen LogP) is 0.393. The first-order chi connectivity index (χ1) is 11.9. The van der Waals surface area contributed by atoms with E-state index < -0.39 is 5.60 Å². The normalized spacial score (nSPS) is 20.6. The maximum absolute atomic E-state index is 12.6. The molecular formula is C18H28N4O3. The molecule has 2 amide bonds. The first-order valence-electron chi connectivity index (χ1n) is 8.70. The van der Waals surface area contributed by atoms with Crippen LogP contribution in [-0.2, 0) is 16.1 Å². The Morgan fingerprint density at radius 3 is 2.96 bits per heavy atom. The van der Waals surface area contributed by atoms with Gasteiger partial charge in [-0.1, -0.05) is 6.07 Å². The number of nitrogens with zero attached hydrogens (tertiary/aromatic N) is 3. The second-order valence-corrected chi connectivity index (χ2v) is 6.85. The Kier molecular flexibility index (Phi) is 6.90. The molecule has 7 heteroatoms. The zero-order chi connectivity index (χ0) is 18.3. The van der Waals surface area contributed by atoms with Gasteiger partial charge in [0.15, 0.2) is 0 Å². The number of rotatable bonds is 7. The number of pyridine rings is 1. The van der Waals surface area contributed by atoms with Gasteiger partial charge in [-0.05, 0) is 37.9 Å². The van der Waals surface area contributed by atoms with Gasteiger partial charge in [0.2, 0.25) is 11.8 Å². The minimum atomic E-state index is -0.970. The summed E-state index contributed by atoms with van der Waals surface area (Å²) in [5.41, 5.74) is 0.0843. The van der Waals surface area contributed by atoms with Crippen molar-refractivity contribution < 1.29 is 14.7 Å². The van der Waals surface area contributed by atoms with Crippen molar-refractivity contribution in [2.24, 2.45) is 0 Å². The first kappa shape index (κ1) is 19.3. The Hall–Kier alpha value is -1.99. The number of carbonyl (C=O) groups excluding carboxylic acids is 2. The molecule has 7 nitrogen and oxygen atoms in total. The van der Waals surface area contributed by atoms with Crippen LogP contribution in [0.3, 0.4) is 0 Å². The van der Waals surface area contributed by atoms with E-state index in [2.05, 4.69) is 10.3 Å². The van der Waals surface area contributed by atoms with Crippen LogP contribution in [0.2, 0.25) is 0 Å². The second-order valence-electron chi connectivity index (χ2n) is 6.85. The van der Waals surface area contributed by atoms with Crippen LogP contribution in [0.1, 0.15) is 31.2 Å². The van der Waals surface area contributed by atoms with Crippen LogP contribution < -0.4 is 5.32 Å². The summed E-state index contributed by atoms with van der Waals surface area (Å²) in [7, 11) is 3.48. The van der Waals surface area contributed by atoms with Crippen molar-refractivity contribution in [3.63, 3.8) is 0 Å².